The molecule has 1 aliphatic heterocycles. The summed E-state index contributed by atoms with van der Waals surface area (Å²) in [5.41, 5.74) is 2.20. The Morgan fingerprint density at radius 3 is 2.29 bits per heavy atom. The van der Waals surface area contributed by atoms with Crippen LogP contribution in [0.4, 0.5) is 0 Å². The number of aliphatic hydroxyl groups is 1. The zero-order chi connectivity index (χ0) is 38.0. The van der Waals surface area contributed by atoms with Crippen molar-refractivity contribution in [1.82, 2.24) is 4.31 Å². The molecule has 0 amide bonds. The van der Waals surface area contributed by atoms with Crippen LogP contribution in [-0.4, -0.2) is 70.3 Å². The molecule has 1 unspecified atom stereocenters. The fourth-order valence-electron chi connectivity index (χ4n) is 6.75. The van der Waals surface area contributed by atoms with Crippen molar-refractivity contribution in [2.75, 3.05) is 13.7 Å². The predicted octanol–water partition coefficient (Wildman–Crippen LogP) is 9.54. The molecule has 2 aromatic rings. The maximum atomic E-state index is 13.6. The molecule has 1 aliphatic rings. The van der Waals surface area contributed by atoms with E-state index in [4.69, 9.17) is 13.9 Å². The molecule has 51 heavy (non-hydrogen) atoms. The van der Waals surface area contributed by atoms with Gasteiger partial charge in [-0.15, -0.1) is 0 Å². The highest BCUT2D eigenvalue weighted by molar-refractivity contribution is 7.89. The van der Waals surface area contributed by atoms with Crippen LogP contribution >= 0.6 is 0 Å². The number of ether oxygens (including phenoxy) is 2. The second-order valence-corrected chi connectivity index (χ2v) is 23.4. The number of sulfonamides is 1. The van der Waals surface area contributed by atoms with Gasteiger partial charge in [0.2, 0.25) is 10.0 Å². The molecule has 1 fully saturated rings. The molecular formula is C42H69NO6SSi. The average Bonchev–Trinajstić information content (AvgIpc) is 3.54. The normalized spacial score (nSPS) is 21.1. The van der Waals surface area contributed by atoms with Gasteiger partial charge in [0.25, 0.3) is 0 Å². The summed E-state index contributed by atoms with van der Waals surface area (Å²) >= 11 is 0. The topological polar surface area (TPSA) is 85.3 Å². The van der Waals surface area contributed by atoms with Crippen LogP contribution in [0.15, 0.2) is 71.6 Å². The van der Waals surface area contributed by atoms with Crippen LogP contribution in [0.2, 0.25) is 18.1 Å². The molecule has 9 heteroatoms. The zero-order valence-electron chi connectivity index (χ0n) is 33.5. The Bertz CT molecular complexity index is 1440. The number of rotatable bonds is 20. The lowest BCUT2D eigenvalue weighted by Gasteiger charge is -2.44. The number of benzene rings is 2. The van der Waals surface area contributed by atoms with Crippen LogP contribution in [0.3, 0.4) is 0 Å². The van der Waals surface area contributed by atoms with Crippen LogP contribution in [0, 0.1) is 24.7 Å². The highest BCUT2D eigenvalue weighted by atomic mass is 32.2. The van der Waals surface area contributed by atoms with Gasteiger partial charge in [-0.25, -0.2) is 8.42 Å². The van der Waals surface area contributed by atoms with E-state index in [0.29, 0.717) is 31.0 Å². The SMILES string of the molecule is CCC[C@H](C[C@@H]1CC[C@H]([C@@H](C)[C@H](O[Si](C)(C)C(C)(C)C)C(C)[C@@H](O)C/C=C\[C@@H](C)COCc2ccccc2)O1)N(C)S(=O)(=O)c1ccc(C)cc1. The van der Waals surface area contributed by atoms with Crippen molar-refractivity contribution >= 4 is 18.3 Å². The van der Waals surface area contributed by atoms with E-state index in [-0.39, 0.29) is 47.1 Å². The number of hydrogen-bond acceptors (Lipinski definition) is 6. The fourth-order valence-corrected chi connectivity index (χ4v) is 9.61. The Labute approximate surface area is 312 Å². The van der Waals surface area contributed by atoms with Crippen LogP contribution in [0.5, 0.6) is 0 Å². The average molecular weight is 744 g/mol. The van der Waals surface area contributed by atoms with E-state index in [1.54, 1.807) is 23.5 Å². The van der Waals surface area contributed by atoms with Crippen molar-refractivity contribution in [3.63, 3.8) is 0 Å². The molecule has 3 rings (SSSR count). The summed E-state index contributed by atoms with van der Waals surface area (Å²) in [5.74, 6) is 0.187. The minimum atomic E-state index is -3.62. The van der Waals surface area contributed by atoms with Gasteiger partial charge in [-0.2, -0.15) is 4.31 Å². The lowest BCUT2D eigenvalue weighted by atomic mass is 9.84. The first-order chi connectivity index (χ1) is 23.9. The fraction of sp³-hybridized carbons (Fsp3) is 0.667. The maximum absolute atomic E-state index is 13.6. The predicted molar refractivity (Wildman–Crippen MR) is 213 cm³/mol. The molecule has 288 valence electrons. The number of aliphatic hydroxyl groups excluding tert-OH is 1. The third-order valence-corrected chi connectivity index (χ3v) is 17.7. The molecule has 2 aromatic carbocycles. The molecule has 1 N–H and O–H groups in total. The molecule has 0 radical (unpaired) electrons. The van der Waals surface area contributed by atoms with Gasteiger partial charge in [-0.1, -0.05) is 115 Å². The van der Waals surface area contributed by atoms with Gasteiger partial charge in [-0.05, 0) is 80.8 Å². The summed E-state index contributed by atoms with van der Waals surface area (Å²) in [6.07, 6.45) is 8.04. The molecule has 0 bridgehead atoms. The van der Waals surface area contributed by atoms with E-state index >= 15 is 0 Å². The van der Waals surface area contributed by atoms with Gasteiger partial charge >= 0.3 is 0 Å². The molecule has 0 aliphatic carbocycles. The number of aryl methyl sites for hydroxylation is 1. The van der Waals surface area contributed by atoms with E-state index in [1.165, 1.54) is 0 Å². The molecule has 1 saturated heterocycles. The number of hydrogen-bond donors (Lipinski definition) is 1. The van der Waals surface area contributed by atoms with E-state index in [2.05, 4.69) is 85.8 Å². The van der Waals surface area contributed by atoms with E-state index in [1.807, 2.05) is 37.3 Å². The van der Waals surface area contributed by atoms with Gasteiger partial charge in [-0.3, -0.25) is 0 Å². The van der Waals surface area contributed by atoms with Gasteiger partial charge in [0.1, 0.15) is 0 Å². The first kappa shape index (κ1) is 43.6. The Hall–Kier alpha value is -1.85. The Morgan fingerprint density at radius 1 is 1.04 bits per heavy atom. The Kier molecular flexibility index (Phi) is 16.6. The summed E-state index contributed by atoms with van der Waals surface area (Å²) in [4.78, 5) is 0.328. The summed E-state index contributed by atoms with van der Waals surface area (Å²) in [6, 6.07) is 17.1. The molecular weight excluding hydrogens is 675 g/mol. The van der Waals surface area contributed by atoms with Crippen molar-refractivity contribution in [3.05, 3.63) is 77.9 Å². The highest BCUT2D eigenvalue weighted by Crippen LogP contribution is 2.42. The molecule has 0 spiro atoms. The third-order valence-electron chi connectivity index (χ3n) is 11.3. The lowest BCUT2D eigenvalue weighted by molar-refractivity contribution is -0.0621. The summed E-state index contributed by atoms with van der Waals surface area (Å²) < 4.78 is 48.6. The van der Waals surface area contributed by atoms with Gasteiger partial charge < -0.3 is 19.0 Å². The van der Waals surface area contributed by atoms with Crippen molar-refractivity contribution in [2.45, 2.75) is 154 Å². The van der Waals surface area contributed by atoms with Crippen molar-refractivity contribution in [1.29, 1.82) is 0 Å². The summed E-state index contributed by atoms with van der Waals surface area (Å²) in [6.45, 7) is 23.1. The van der Waals surface area contributed by atoms with Crippen molar-refractivity contribution < 1.29 is 27.4 Å². The van der Waals surface area contributed by atoms with E-state index in [9.17, 15) is 13.5 Å². The Balaban J connectivity index is 1.67. The zero-order valence-corrected chi connectivity index (χ0v) is 35.3. The smallest absolute Gasteiger partial charge is 0.243 e. The monoisotopic (exact) mass is 743 g/mol. The second-order valence-electron chi connectivity index (χ2n) is 16.7. The summed E-state index contributed by atoms with van der Waals surface area (Å²) in [5, 5.41) is 11.6. The van der Waals surface area contributed by atoms with Crippen LogP contribution in [-0.2, 0) is 30.5 Å². The van der Waals surface area contributed by atoms with E-state index in [0.717, 1.165) is 36.8 Å². The lowest BCUT2D eigenvalue weighted by Crippen LogP contribution is -2.51. The van der Waals surface area contributed by atoms with Crippen molar-refractivity contribution in [3.8, 4) is 0 Å². The molecule has 1 heterocycles. The van der Waals surface area contributed by atoms with Gasteiger partial charge in [0.15, 0.2) is 8.32 Å². The second kappa shape index (κ2) is 19.5. The first-order valence-corrected chi connectivity index (χ1v) is 23.6. The minimum Gasteiger partial charge on any atom is -0.413 e. The Morgan fingerprint density at radius 2 is 1.69 bits per heavy atom. The largest absolute Gasteiger partial charge is 0.413 e. The van der Waals surface area contributed by atoms with Gasteiger partial charge in [0.05, 0.1) is 42.5 Å². The van der Waals surface area contributed by atoms with Gasteiger partial charge in [0, 0.05) is 24.9 Å². The van der Waals surface area contributed by atoms with Crippen LogP contribution < -0.4 is 0 Å². The molecule has 7 nitrogen and oxygen atoms in total. The first-order valence-electron chi connectivity index (χ1n) is 19.2. The highest BCUT2D eigenvalue weighted by Gasteiger charge is 2.45. The van der Waals surface area contributed by atoms with Crippen LogP contribution in [0.25, 0.3) is 0 Å². The standard InChI is InChI=1S/C42H69NO6SSi/c1-12-17-36(43(9)50(45,46)38-25-22-31(2)23-26-38)28-37-24-27-40(48-37)34(5)41(49-51(10,11)42(6,7)8)33(4)39(44)21-16-18-32(3)29-47-30-35-19-14-13-15-20-35/h13-16,18-20,22-23,25-26,32-34,36-37,39-41,44H,12,17,21,24,27-30H2,1-11H3/b18-16-/t32-,33?,34-,36-,37+,39+,40-,41-/m1/s1. The quantitative estimate of drug-likeness (QED) is 0.107. The number of nitrogens with zero attached hydrogens (tertiary/aromatic N) is 1. The maximum Gasteiger partial charge on any atom is 0.243 e. The summed E-state index contributed by atoms with van der Waals surface area (Å²) in [7, 11) is -4.10. The van der Waals surface area contributed by atoms with Crippen molar-refractivity contribution in [2.24, 2.45) is 17.8 Å². The molecule has 0 aromatic heterocycles. The minimum absolute atomic E-state index is 0.0185. The van der Waals surface area contributed by atoms with E-state index < -0.39 is 24.4 Å². The molecule has 8 atom stereocenters. The molecule has 0 saturated carbocycles. The third kappa shape index (κ3) is 12.6. The van der Waals surface area contributed by atoms with Crippen LogP contribution in [0.1, 0.15) is 98.1 Å².